The lowest BCUT2D eigenvalue weighted by Gasteiger charge is -2.03. The van der Waals surface area contributed by atoms with E-state index in [1.165, 1.54) is 51.4 Å². The van der Waals surface area contributed by atoms with Crippen molar-refractivity contribution in [2.24, 2.45) is 0 Å². The van der Waals surface area contributed by atoms with Gasteiger partial charge in [0.1, 0.15) is 0 Å². The first-order chi connectivity index (χ1) is 8.81. The van der Waals surface area contributed by atoms with Crippen molar-refractivity contribution in [2.45, 2.75) is 71.1 Å². The molecule has 0 heterocycles. The van der Waals surface area contributed by atoms with Gasteiger partial charge in [-0.05, 0) is 6.42 Å². The van der Waals surface area contributed by atoms with E-state index >= 15 is 0 Å². The second-order valence-electron chi connectivity index (χ2n) is 4.56. The van der Waals surface area contributed by atoms with Crippen LogP contribution in [-0.4, -0.2) is 12.8 Å². The van der Waals surface area contributed by atoms with Gasteiger partial charge in [-0.2, -0.15) is 0 Å². The van der Waals surface area contributed by atoms with Crippen LogP contribution in [0.4, 0.5) is 4.79 Å². The molecule has 0 radical (unpaired) electrons. The molecule has 0 rings (SSSR count). The van der Waals surface area contributed by atoms with E-state index in [0.29, 0.717) is 6.61 Å². The first-order valence-corrected chi connectivity index (χ1v) is 7.25. The van der Waals surface area contributed by atoms with Crippen LogP contribution in [0, 0.1) is 0 Å². The van der Waals surface area contributed by atoms with Crippen LogP contribution in [-0.2, 0) is 9.47 Å². The molecule has 0 amide bonds. The number of carbonyl (C=O) groups excluding carboxylic acids is 1. The van der Waals surface area contributed by atoms with Crippen LogP contribution in [0.3, 0.4) is 0 Å². The average molecular weight is 256 g/mol. The zero-order chi connectivity index (χ0) is 13.5. The van der Waals surface area contributed by atoms with Gasteiger partial charge in [-0.15, -0.1) is 0 Å². The molecule has 0 saturated heterocycles. The zero-order valence-corrected chi connectivity index (χ0v) is 11.8. The van der Waals surface area contributed by atoms with E-state index < -0.39 is 6.16 Å². The Bertz CT molecular complexity index is 202. The first kappa shape index (κ1) is 17.0. The molecule has 0 fully saturated rings. The highest BCUT2D eigenvalue weighted by molar-refractivity contribution is 5.60. The molecule has 0 bridgehead atoms. The van der Waals surface area contributed by atoms with Crippen molar-refractivity contribution < 1.29 is 14.3 Å². The Morgan fingerprint density at radius 3 is 1.94 bits per heavy atom. The summed E-state index contributed by atoms with van der Waals surface area (Å²) in [5.74, 6) is 0. The zero-order valence-electron chi connectivity index (χ0n) is 11.8. The van der Waals surface area contributed by atoms with Crippen molar-refractivity contribution >= 4 is 6.16 Å². The normalized spacial score (nSPS) is 10.1. The fourth-order valence-electron chi connectivity index (χ4n) is 1.85. The molecule has 0 atom stereocenters. The average Bonchev–Trinajstić information content (AvgIpc) is 2.36. The van der Waals surface area contributed by atoms with Crippen molar-refractivity contribution in [3.63, 3.8) is 0 Å². The van der Waals surface area contributed by atoms with E-state index in [4.69, 9.17) is 4.74 Å². The second-order valence-corrected chi connectivity index (χ2v) is 4.56. The lowest BCUT2D eigenvalue weighted by molar-refractivity contribution is 0.0833. The summed E-state index contributed by atoms with van der Waals surface area (Å²) >= 11 is 0. The molecule has 0 N–H and O–H groups in total. The fraction of sp³-hybridized carbons (Fsp3) is 0.800. The third kappa shape index (κ3) is 13.1. The second kappa shape index (κ2) is 14.1. The van der Waals surface area contributed by atoms with Crippen LogP contribution in [0.15, 0.2) is 12.8 Å². The minimum absolute atomic E-state index is 0.448. The monoisotopic (exact) mass is 256 g/mol. The lowest BCUT2D eigenvalue weighted by Crippen LogP contribution is -2.04. The molecule has 0 aromatic carbocycles. The summed E-state index contributed by atoms with van der Waals surface area (Å²) in [4.78, 5) is 10.8. The van der Waals surface area contributed by atoms with E-state index in [2.05, 4.69) is 18.2 Å². The van der Waals surface area contributed by atoms with E-state index in [-0.39, 0.29) is 0 Å². The molecule has 18 heavy (non-hydrogen) atoms. The van der Waals surface area contributed by atoms with Gasteiger partial charge in [0.2, 0.25) is 0 Å². The van der Waals surface area contributed by atoms with Gasteiger partial charge in [0.25, 0.3) is 0 Å². The molecular weight excluding hydrogens is 228 g/mol. The molecule has 0 saturated carbocycles. The topological polar surface area (TPSA) is 35.5 Å². The highest BCUT2D eigenvalue weighted by Crippen LogP contribution is 2.10. The first-order valence-electron chi connectivity index (χ1n) is 7.25. The summed E-state index contributed by atoms with van der Waals surface area (Å²) in [5.41, 5.74) is 0. The maximum Gasteiger partial charge on any atom is 0.513 e. The van der Waals surface area contributed by atoms with Gasteiger partial charge in [0, 0.05) is 0 Å². The Hall–Kier alpha value is -0.990. The smallest absolute Gasteiger partial charge is 0.434 e. The quantitative estimate of drug-likeness (QED) is 0.273. The molecule has 0 aliphatic heterocycles. The standard InChI is InChI=1S/C15H28O3/c1-3-5-6-7-8-9-10-11-12-13-14-18-15(16)17-4-2/h4H,2-3,5-14H2,1H3. The van der Waals surface area contributed by atoms with E-state index in [0.717, 1.165) is 19.1 Å². The summed E-state index contributed by atoms with van der Waals surface area (Å²) in [6.45, 7) is 5.97. The van der Waals surface area contributed by atoms with Gasteiger partial charge in [0.05, 0.1) is 12.9 Å². The largest absolute Gasteiger partial charge is 0.513 e. The Balaban J connectivity index is 3.03. The molecule has 106 valence electrons. The number of hydrogen-bond donors (Lipinski definition) is 0. The Morgan fingerprint density at radius 2 is 1.44 bits per heavy atom. The number of unbranched alkanes of at least 4 members (excludes halogenated alkanes) is 9. The molecule has 0 spiro atoms. The molecule has 0 aliphatic rings. The van der Waals surface area contributed by atoms with Crippen molar-refractivity contribution in [1.82, 2.24) is 0 Å². The van der Waals surface area contributed by atoms with E-state index in [9.17, 15) is 4.79 Å². The Kier molecular flexibility index (Phi) is 13.3. The van der Waals surface area contributed by atoms with Gasteiger partial charge in [-0.25, -0.2) is 4.79 Å². The SMILES string of the molecule is C=COC(=O)OCCCCCCCCCCCC. The van der Waals surface area contributed by atoms with Crippen molar-refractivity contribution in [3.05, 3.63) is 12.8 Å². The lowest BCUT2D eigenvalue weighted by atomic mass is 10.1. The molecule has 3 heteroatoms. The van der Waals surface area contributed by atoms with Crippen LogP contribution in [0.1, 0.15) is 71.1 Å². The molecule has 3 nitrogen and oxygen atoms in total. The third-order valence-corrected chi connectivity index (χ3v) is 2.90. The predicted molar refractivity (Wildman–Crippen MR) is 74.5 cm³/mol. The maximum absolute atomic E-state index is 10.8. The summed E-state index contributed by atoms with van der Waals surface area (Å²) in [5, 5.41) is 0. The third-order valence-electron chi connectivity index (χ3n) is 2.90. The summed E-state index contributed by atoms with van der Waals surface area (Å²) in [6, 6.07) is 0. The minimum Gasteiger partial charge on any atom is -0.434 e. The predicted octanol–water partition coefficient (Wildman–Crippen LogP) is 5.20. The van der Waals surface area contributed by atoms with Crippen molar-refractivity contribution in [3.8, 4) is 0 Å². The van der Waals surface area contributed by atoms with Crippen LogP contribution in [0.25, 0.3) is 0 Å². The van der Waals surface area contributed by atoms with Crippen LogP contribution < -0.4 is 0 Å². The summed E-state index contributed by atoms with van der Waals surface area (Å²) in [6.07, 6.45) is 13.1. The number of rotatable bonds is 12. The molecule has 0 aromatic rings. The Labute approximate surface area is 112 Å². The number of hydrogen-bond acceptors (Lipinski definition) is 3. The fourth-order valence-corrected chi connectivity index (χ4v) is 1.85. The van der Waals surface area contributed by atoms with Crippen molar-refractivity contribution in [2.75, 3.05) is 6.61 Å². The van der Waals surface area contributed by atoms with Gasteiger partial charge in [-0.1, -0.05) is 71.3 Å². The molecule has 0 aromatic heterocycles. The highest BCUT2D eigenvalue weighted by Gasteiger charge is 1.99. The Morgan fingerprint density at radius 1 is 0.944 bits per heavy atom. The van der Waals surface area contributed by atoms with Crippen LogP contribution in [0.5, 0.6) is 0 Å². The summed E-state index contributed by atoms with van der Waals surface area (Å²) in [7, 11) is 0. The van der Waals surface area contributed by atoms with Gasteiger partial charge < -0.3 is 9.47 Å². The van der Waals surface area contributed by atoms with E-state index in [1.54, 1.807) is 0 Å². The van der Waals surface area contributed by atoms with Crippen LogP contribution >= 0.6 is 0 Å². The van der Waals surface area contributed by atoms with Crippen molar-refractivity contribution in [1.29, 1.82) is 0 Å². The molecular formula is C15H28O3. The van der Waals surface area contributed by atoms with Gasteiger partial charge in [-0.3, -0.25) is 0 Å². The maximum atomic E-state index is 10.8. The summed E-state index contributed by atoms with van der Waals surface area (Å²) < 4.78 is 9.26. The van der Waals surface area contributed by atoms with Gasteiger partial charge >= 0.3 is 6.16 Å². The number of ether oxygens (including phenoxy) is 2. The van der Waals surface area contributed by atoms with Crippen LogP contribution in [0.2, 0.25) is 0 Å². The minimum atomic E-state index is -0.652. The van der Waals surface area contributed by atoms with Gasteiger partial charge in [0.15, 0.2) is 0 Å². The molecule has 0 aliphatic carbocycles. The number of carbonyl (C=O) groups is 1. The van der Waals surface area contributed by atoms with E-state index in [1.807, 2.05) is 0 Å². The highest BCUT2D eigenvalue weighted by atomic mass is 16.7. The molecule has 0 unspecified atom stereocenters.